The molecule has 0 radical (unpaired) electrons. The Morgan fingerprint density at radius 3 is 2.27 bits per heavy atom. The summed E-state index contributed by atoms with van der Waals surface area (Å²) >= 11 is 6.24. The number of carbonyl (C=O) groups excluding carboxylic acids is 2. The lowest BCUT2D eigenvalue weighted by molar-refractivity contribution is -0.129. The molecule has 0 aliphatic carbocycles. The Hall–Kier alpha value is -3.62. The van der Waals surface area contributed by atoms with Crippen LogP contribution in [-0.4, -0.2) is 29.8 Å². The summed E-state index contributed by atoms with van der Waals surface area (Å²) < 4.78 is 0. The SMILES string of the molecule is CN(C#N)C(=O)[C@H](Cc1ccccc1)NC(=O)c1ccc(-c2ccccc2Cl)cc1. The Bertz CT molecular complexity index is 1080. The van der Waals surface area contributed by atoms with E-state index in [1.54, 1.807) is 18.3 Å². The van der Waals surface area contributed by atoms with Crippen molar-refractivity contribution in [2.45, 2.75) is 12.5 Å². The Morgan fingerprint density at radius 1 is 1.00 bits per heavy atom. The Balaban J connectivity index is 1.78. The maximum atomic E-state index is 12.8. The number of amides is 2. The van der Waals surface area contributed by atoms with Crippen molar-refractivity contribution < 1.29 is 9.59 Å². The first kappa shape index (κ1) is 21.1. The normalized spacial score (nSPS) is 11.2. The van der Waals surface area contributed by atoms with E-state index in [9.17, 15) is 9.59 Å². The number of rotatable bonds is 6. The second kappa shape index (κ2) is 9.73. The van der Waals surface area contributed by atoms with Crippen LogP contribution >= 0.6 is 11.6 Å². The first-order chi connectivity index (χ1) is 14.5. The third-order valence-electron chi connectivity index (χ3n) is 4.70. The van der Waals surface area contributed by atoms with E-state index in [1.165, 1.54) is 7.05 Å². The second-order valence-corrected chi connectivity index (χ2v) is 7.18. The minimum absolute atomic E-state index is 0.287. The van der Waals surface area contributed by atoms with E-state index in [1.807, 2.05) is 66.7 Å². The van der Waals surface area contributed by atoms with E-state index in [2.05, 4.69) is 5.32 Å². The van der Waals surface area contributed by atoms with Crippen molar-refractivity contribution in [1.29, 1.82) is 5.26 Å². The van der Waals surface area contributed by atoms with Crippen LogP contribution in [0.3, 0.4) is 0 Å². The number of nitrogens with one attached hydrogen (secondary N) is 1. The lowest BCUT2D eigenvalue weighted by Gasteiger charge is -2.20. The van der Waals surface area contributed by atoms with Crippen molar-refractivity contribution in [3.05, 3.63) is 95.0 Å². The summed E-state index contributed by atoms with van der Waals surface area (Å²) in [7, 11) is 1.38. The second-order valence-electron chi connectivity index (χ2n) is 6.77. The molecule has 0 unspecified atom stereocenters. The lowest BCUT2D eigenvalue weighted by Crippen LogP contribution is -2.47. The van der Waals surface area contributed by atoms with E-state index < -0.39 is 11.9 Å². The molecule has 3 aromatic carbocycles. The van der Waals surface area contributed by atoms with Crippen LogP contribution in [-0.2, 0) is 11.2 Å². The van der Waals surface area contributed by atoms with Gasteiger partial charge in [-0.2, -0.15) is 5.26 Å². The van der Waals surface area contributed by atoms with Crippen LogP contribution in [0.15, 0.2) is 78.9 Å². The van der Waals surface area contributed by atoms with Crippen molar-refractivity contribution >= 4 is 23.4 Å². The average Bonchev–Trinajstić information content (AvgIpc) is 2.78. The molecule has 0 heterocycles. The first-order valence-electron chi connectivity index (χ1n) is 9.36. The van der Waals surface area contributed by atoms with Crippen LogP contribution in [0.1, 0.15) is 15.9 Å². The minimum Gasteiger partial charge on any atom is -0.340 e. The zero-order valence-corrected chi connectivity index (χ0v) is 17.1. The van der Waals surface area contributed by atoms with Gasteiger partial charge in [0.25, 0.3) is 11.8 Å². The van der Waals surface area contributed by atoms with Crippen LogP contribution in [0.25, 0.3) is 11.1 Å². The molecule has 30 heavy (non-hydrogen) atoms. The van der Waals surface area contributed by atoms with Gasteiger partial charge in [0.2, 0.25) is 0 Å². The van der Waals surface area contributed by atoms with Crippen molar-refractivity contribution in [3.8, 4) is 17.3 Å². The molecule has 0 saturated carbocycles. The molecule has 150 valence electrons. The van der Waals surface area contributed by atoms with E-state index in [0.717, 1.165) is 21.6 Å². The number of hydrogen-bond donors (Lipinski definition) is 1. The fourth-order valence-electron chi connectivity index (χ4n) is 3.07. The fourth-order valence-corrected chi connectivity index (χ4v) is 3.32. The van der Waals surface area contributed by atoms with Gasteiger partial charge in [-0.25, -0.2) is 0 Å². The summed E-state index contributed by atoms with van der Waals surface area (Å²) in [5.41, 5.74) is 3.06. The molecular formula is C24H20ClN3O2. The number of carbonyl (C=O) groups is 2. The monoisotopic (exact) mass is 417 g/mol. The predicted octanol–water partition coefficient (Wildman–Crippen LogP) is 4.29. The molecule has 1 atom stereocenters. The first-order valence-corrected chi connectivity index (χ1v) is 9.74. The van der Waals surface area contributed by atoms with Crippen LogP contribution in [0, 0.1) is 11.5 Å². The third-order valence-corrected chi connectivity index (χ3v) is 5.03. The number of benzene rings is 3. The molecule has 0 bridgehead atoms. The summed E-state index contributed by atoms with van der Waals surface area (Å²) in [6.07, 6.45) is 2.08. The molecule has 0 saturated heterocycles. The van der Waals surface area contributed by atoms with Gasteiger partial charge in [0.05, 0.1) is 0 Å². The molecule has 3 aromatic rings. The summed E-state index contributed by atoms with van der Waals surface area (Å²) in [6.45, 7) is 0. The fraction of sp³-hybridized carbons (Fsp3) is 0.125. The highest BCUT2D eigenvalue weighted by molar-refractivity contribution is 6.33. The van der Waals surface area contributed by atoms with Gasteiger partial charge in [-0.3, -0.25) is 14.5 Å². The smallest absolute Gasteiger partial charge is 0.258 e. The molecule has 5 nitrogen and oxygen atoms in total. The van der Waals surface area contributed by atoms with Crippen molar-refractivity contribution in [2.24, 2.45) is 0 Å². The van der Waals surface area contributed by atoms with Crippen LogP contribution < -0.4 is 5.32 Å². The maximum Gasteiger partial charge on any atom is 0.258 e. The van der Waals surface area contributed by atoms with Gasteiger partial charge in [0.1, 0.15) is 6.04 Å². The number of nitrogens with zero attached hydrogens (tertiary/aromatic N) is 2. The zero-order chi connectivity index (χ0) is 21.5. The molecule has 0 aromatic heterocycles. The highest BCUT2D eigenvalue weighted by Crippen LogP contribution is 2.27. The van der Waals surface area contributed by atoms with Crippen LogP contribution in [0.5, 0.6) is 0 Å². The van der Waals surface area contributed by atoms with Gasteiger partial charge < -0.3 is 5.32 Å². The van der Waals surface area contributed by atoms with Gasteiger partial charge in [0.15, 0.2) is 6.19 Å². The van der Waals surface area contributed by atoms with Crippen molar-refractivity contribution in [2.75, 3.05) is 7.05 Å². The molecule has 0 fully saturated rings. The molecular weight excluding hydrogens is 398 g/mol. The summed E-state index contributed by atoms with van der Waals surface area (Å²) in [5.74, 6) is -0.858. The molecule has 3 rings (SSSR count). The quantitative estimate of drug-likeness (QED) is 0.480. The average molecular weight is 418 g/mol. The maximum absolute atomic E-state index is 12.8. The van der Waals surface area contributed by atoms with Crippen LogP contribution in [0.4, 0.5) is 0 Å². The van der Waals surface area contributed by atoms with Gasteiger partial charge in [-0.15, -0.1) is 0 Å². The van der Waals surface area contributed by atoms with Gasteiger partial charge in [-0.05, 0) is 29.3 Å². The number of nitriles is 1. The summed E-state index contributed by atoms with van der Waals surface area (Å²) in [5, 5.41) is 12.5. The Morgan fingerprint density at radius 2 is 1.63 bits per heavy atom. The number of hydrogen-bond acceptors (Lipinski definition) is 3. The summed E-state index contributed by atoms with van der Waals surface area (Å²) in [6, 6.07) is 23.0. The lowest BCUT2D eigenvalue weighted by atomic mass is 10.0. The zero-order valence-electron chi connectivity index (χ0n) is 16.4. The highest BCUT2D eigenvalue weighted by atomic mass is 35.5. The van der Waals surface area contributed by atoms with Crippen LogP contribution in [0.2, 0.25) is 5.02 Å². The van der Waals surface area contributed by atoms with E-state index in [-0.39, 0.29) is 12.3 Å². The molecule has 6 heteroatoms. The Labute approximate surface area is 180 Å². The minimum atomic E-state index is -0.854. The summed E-state index contributed by atoms with van der Waals surface area (Å²) in [4.78, 5) is 26.3. The predicted molar refractivity (Wildman–Crippen MR) is 117 cm³/mol. The Kier molecular flexibility index (Phi) is 6.84. The molecule has 0 aliphatic heterocycles. The topological polar surface area (TPSA) is 73.2 Å². The number of likely N-dealkylation sites (N-methyl/N-ethyl adjacent to an activating group) is 1. The molecule has 1 N–H and O–H groups in total. The van der Waals surface area contributed by atoms with E-state index in [4.69, 9.17) is 16.9 Å². The molecule has 0 spiro atoms. The highest BCUT2D eigenvalue weighted by Gasteiger charge is 2.25. The van der Waals surface area contributed by atoms with Gasteiger partial charge in [-0.1, -0.05) is 72.3 Å². The van der Waals surface area contributed by atoms with Gasteiger partial charge >= 0.3 is 0 Å². The van der Waals surface area contributed by atoms with Crippen molar-refractivity contribution in [3.63, 3.8) is 0 Å². The third kappa shape index (κ3) is 5.05. The largest absolute Gasteiger partial charge is 0.340 e. The van der Waals surface area contributed by atoms with E-state index >= 15 is 0 Å². The van der Waals surface area contributed by atoms with Crippen molar-refractivity contribution in [1.82, 2.24) is 10.2 Å². The number of halogens is 1. The van der Waals surface area contributed by atoms with Gasteiger partial charge in [0, 0.05) is 29.6 Å². The standard InChI is InChI=1S/C24H20ClN3O2/c1-28(16-26)24(30)22(15-17-7-3-2-4-8-17)27-23(29)19-13-11-18(12-14-19)20-9-5-6-10-21(20)25/h2-14,22H,15H2,1H3,(H,27,29)/t22-/m0/s1. The van der Waals surface area contributed by atoms with E-state index in [0.29, 0.717) is 10.6 Å². The molecule has 0 aliphatic rings. The molecule has 2 amide bonds.